The first-order valence-corrected chi connectivity index (χ1v) is 10.6. The van der Waals surface area contributed by atoms with Gasteiger partial charge >= 0.3 is 0 Å². The minimum atomic E-state index is -3.69. The number of nitrogens with one attached hydrogen (secondary N) is 2. The number of sulfonamides is 1. The van der Waals surface area contributed by atoms with Crippen molar-refractivity contribution >= 4 is 33.0 Å². The van der Waals surface area contributed by atoms with Crippen molar-refractivity contribution in [2.24, 2.45) is 0 Å². The molecule has 0 fully saturated rings. The zero-order valence-corrected chi connectivity index (χ0v) is 16.1. The molecule has 9 heteroatoms. The second-order valence-electron chi connectivity index (χ2n) is 5.83. The highest BCUT2D eigenvalue weighted by atomic mass is 32.2. The van der Waals surface area contributed by atoms with E-state index in [0.29, 0.717) is 6.42 Å². The fraction of sp³-hybridized carbons (Fsp3) is 0.105. The third-order valence-corrected chi connectivity index (χ3v) is 6.26. The highest BCUT2D eigenvalue weighted by Crippen LogP contribution is 2.16. The molecular weight excluding hydrogens is 406 g/mol. The van der Waals surface area contributed by atoms with Crippen molar-refractivity contribution in [3.8, 4) is 0 Å². The monoisotopic (exact) mass is 422 g/mol. The molecule has 0 unspecified atom stereocenters. The van der Waals surface area contributed by atoms with E-state index in [0.717, 1.165) is 17.0 Å². The molecule has 1 amide bonds. The lowest BCUT2D eigenvalue weighted by atomic mass is 10.2. The summed E-state index contributed by atoms with van der Waals surface area (Å²) >= 11 is 1.55. The summed E-state index contributed by atoms with van der Waals surface area (Å²) in [6.45, 7) is 0.265. The van der Waals surface area contributed by atoms with E-state index >= 15 is 0 Å². The van der Waals surface area contributed by atoms with Crippen LogP contribution >= 0.6 is 11.3 Å². The van der Waals surface area contributed by atoms with Crippen LogP contribution in [0.3, 0.4) is 0 Å². The van der Waals surface area contributed by atoms with Gasteiger partial charge in [-0.2, -0.15) is 0 Å². The zero-order chi connectivity index (χ0) is 20.1. The van der Waals surface area contributed by atoms with Gasteiger partial charge in [0.2, 0.25) is 10.0 Å². The molecule has 3 aromatic rings. The molecule has 1 aromatic heterocycles. The lowest BCUT2D eigenvalue weighted by Crippen LogP contribution is -2.26. The average molecular weight is 422 g/mol. The minimum Gasteiger partial charge on any atom is -0.322 e. The van der Waals surface area contributed by atoms with E-state index in [2.05, 4.69) is 10.0 Å². The van der Waals surface area contributed by atoms with E-state index in [1.165, 1.54) is 30.3 Å². The van der Waals surface area contributed by atoms with E-state index in [9.17, 15) is 22.0 Å². The molecule has 0 saturated carbocycles. The number of halogens is 2. The Kier molecular flexibility index (Phi) is 6.18. The number of amides is 1. The highest BCUT2D eigenvalue weighted by Gasteiger charge is 2.15. The van der Waals surface area contributed by atoms with Crippen LogP contribution in [0.25, 0.3) is 0 Å². The summed E-state index contributed by atoms with van der Waals surface area (Å²) in [4.78, 5) is 13.3. The van der Waals surface area contributed by atoms with E-state index in [1.807, 2.05) is 17.5 Å². The number of rotatable bonds is 7. The van der Waals surface area contributed by atoms with Gasteiger partial charge in [0.1, 0.15) is 0 Å². The Labute approximate surface area is 165 Å². The number of hydrogen-bond donors (Lipinski definition) is 2. The molecule has 28 heavy (non-hydrogen) atoms. The first-order valence-electron chi connectivity index (χ1n) is 8.24. The number of carbonyl (C=O) groups excluding carboxylic acids is 1. The Morgan fingerprint density at radius 1 is 1.00 bits per heavy atom. The SMILES string of the molecule is O=C(Nc1ccc(F)c(F)c1)c1ccc(S(=O)(=O)NCCc2cccs2)cc1. The van der Waals surface area contributed by atoms with Crippen LogP contribution in [0.15, 0.2) is 64.9 Å². The van der Waals surface area contributed by atoms with Crippen molar-refractivity contribution in [1.82, 2.24) is 4.72 Å². The maximum absolute atomic E-state index is 13.2. The average Bonchev–Trinajstić information content (AvgIpc) is 3.18. The summed E-state index contributed by atoms with van der Waals surface area (Å²) < 4.78 is 53.3. The van der Waals surface area contributed by atoms with Gasteiger partial charge in [-0.05, 0) is 54.3 Å². The van der Waals surface area contributed by atoms with Gasteiger partial charge in [0, 0.05) is 28.7 Å². The van der Waals surface area contributed by atoms with Crippen molar-refractivity contribution in [2.45, 2.75) is 11.3 Å². The third-order valence-electron chi connectivity index (χ3n) is 3.85. The van der Waals surface area contributed by atoms with Crippen LogP contribution in [0, 0.1) is 11.6 Å². The second-order valence-corrected chi connectivity index (χ2v) is 8.63. The summed E-state index contributed by atoms with van der Waals surface area (Å²) in [6.07, 6.45) is 0.589. The van der Waals surface area contributed by atoms with Crippen LogP contribution in [-0.4, -0.2) is 20.9 Å². The minimum absolute atomic E-state index is 0.0306. The summed E-state index contributed by atoms with van der Waals surface area (Å²) in [5.41, 5.74) is 0.276. The van der Waals surface area contributed by atoms with Crippen molar-refractivity contribution in [3.63, 3.8) is 0 Å². The summed E-state index contributed by atoms with van der Waals surface area (Å²) in [6, 6.07) is 12.2. The molecule has 0 spiro atoms. The molecule has 0 aliphatic heterocycles. The zero-order valence-electron chi connectivity index (χ0n) is 14.5. The second kappa shape index (κ2) is 8.59. The first-order chi connectivity index (χ1) is 13.3. The van der Waals surface area contributed by atoms with Crippen LogP contribution in [0.2, 0.25) is 0 Å². The van der Waals surface area contributed by atoms with Gasteiger partial charge in [0.15, 0.2) is 11.6 Å². The van der Waals surface area contributed by atoms with E-state index < -0.39 is 27.6 Å². The van der Waals surface area contributed by atoms with Gasteiger partial charge in [-0.15, -0.1) is 11.3 Å². The quantitative estimate of drug-likeness (QED) is 0.608. The van der Waals surface area contributed by atoms with E-state index in [-0.39, 0.29) is 22.7 Å². The fourth-order valence-corrected chi connectivity index (χ4v) is 4.15. The van der Waals surface area contributed by atoms with Crippen molar-refractivity contribution in [3.05, 3.63) is 82.1 Å². The number of anilines is 1. The van der Waals surface area contributed by atoms with Gasteiger partial charge in [0.25, 0.3) is 5.91 Å². The van der Waals surface area contributed by atoms with Crippen molar-refractivity contribution in [1.29, 1.82) is 0 Å². The standard InChI is InChI=1S/C19H16F2N2O3S2/c20-17-8-5-14(12-18(17)21)23-19(24)13-3-6-16(7-4-13)28(25,26)22-10-9-15-2-1-11-27-15/h1-8,11-12,22H,9-10H2,(H,23,24). The molecule has 5 nitrogen and oxygen atoms in total. The summed E-state index contributed by atoms with van der Waals surface area (Å²) in [5, 5.41) is 4.35. The van der Waals surface area contributed by atoms with Crippen LogP contribution in [0.5, 0.6) is 0 Å². The predicted octanol–water partition coefficient (Wildman–Crippen LogP) is 3.80. The topological polar surface area (TPSA) is 75.3 Å². The smallest absolute Gasteiger partial charge is 0.255 e. The number of carbonyl (C=O) groups is 1. The molecule has 0 radical (unpaired) electrons. The molecule has 2 N–H and O–H groups in total. The lowest BCUT2D eigenvalue weighted by Gasteiger charge is -2.08. The first kappa shape index (κ1) is 20.1. The van der Waals surface area contributed by atoms with Crippen LogP contribution in [-0.2, 0) is 16.4 Å². The molecule has 0 aliphatic carbocycles. The molecule has 146 valence electrons. The van der Waals surface area contributed by atoms with E-state index in [1.54, 1.807) is 11.3 Å². The molecule has 0 bridgehead atoms. The molecule has 0 saturated heterocycles. The molecule has 2 aromatic carbocycles. The van der Waals surface area contributed by atoms with Crippen LogP contribution < -0.4 is 10.0 Å². The maximum atomic E-state index is 13.2. The molecule has 0 aliphatic rings. The van der Waals surface area contributed by atoms with Gasteiger partial charge in [-0.1, -0.05) is 6.07 Å². The Hall–Kier alpha value is -2.62. The van der Waals surface area contributed by atoms with Gasteiger partial charge in [0.05, 0.1) is 4.90 Å². The normalized spacial score (nSPS) is 11.4. The summed E-state index contributed by atoms with van der Waals surface area (Å²) in [5.74, 6) is -2.66. The fourth-order valence-electron chi connectivity index (χ4n) is 2.41. The summed E-state index contributed by atoms with van der Waals surface area (Å²) in [7, 11) is -3.69. The third kappa shape index (κ3) is 5.00. The number of hydrogen-bond acceptors (Lipinski definition) is 4. The maximum Gasteiger partial charge on any atom is 0.255 e. The molecule has 1 heterocycles. The van der Waals surface area contributed by atoms with Crippen molar-refractivity contribution < 1.29 is 22.0 Å². The van der Waals surface area contributed by atoms with Crippen LogP contribution in [0.1, 0.15) is 15.2 Å². The van der Waals surface area contributed by atoms with Crippen molar-refractivity contribution in [2.75, 3.05) is 11.9 Å². The van der Waals surface area contributed by atoms with Gasteiger partial charge < -0.3 is 5.32 Å². The lowest BCUT2D eigenvalue weighted by molar-refractivity contribution is 0.102. The molecule has 0 atom stereocenters. The van der Waals surface area contributed by atoms with Gasteiger partial charge in [-0.3, -0.25) is 4.79 Å². The predicted molar refractivity (Wildman–Crippen MR) is 104 cm³/mol. The largest absolute Gasteiger partial charge is 0.322 e. The highest BCUT2D eigenvalue weighted by molar-refractivity contribution is 7.89. The van der Waals surface area contributed by atoms with Crippen LogP contribution in [0.4, 0.5) is 14.5 Å². The van der Waals surface area contributed by atoms with Gasteiger partial charge in [-0.25, -0.2) is 21.9 Å². The molecule has 3 rings (SSSR count). The Morgan fingerprint density at radius 2 is 1.75 bits per heavy atom. The Balaban J connectivity index is 1.62. The number of thiophene rings is 1. The van der Waals surface area contributed by atoms with E-state index in [4.69, 9.17) is 0 Å². The number of benzene rings is 2. The molecular formula is C19H16F2N2O3S2. The Morgan fingerprint density at radius 3 is 2.39 bits per heavy atom. The Bertz CT molecular complexity index is 1070.